The van der Waals surface area contributed by atoms with Crippen molar-refractivity contribution in [1.82, 2.24) is 0 Å². The van der Waals surface area contributed by atoms with Crippen molar-refractivity contribution in [1.29, 1.82) is 0 Å². The van der Waals surface area contributed by atoms with Crippen LogP contribution in [-0.2, 0) is 19.1 Å². The van der Waals surface area contributed by atoms with Gasteiger partial charge in [0.05, 0.1) is 15.6 Å². The Balaban J connectivity index is 2.45. The second-order valence-electron chi connectivity index (χ2n) is 6.36. The van der Waals surface area contributed by atoms with E-state index in [0.717, 1.165) is 31.3 Å². The summed E-state index contributed by atoms with van der Waals surface area (Å²) < 4.78 is 17.6. The lowest BCUT2D eigenvalue weighted by molar-refractivity contribution is -0.171. The molecule has 4 nitrogen and oxygen atoms in total. The summed E-state index contributed by atoms with van der Waals surface area (Å²) in [5.74, 6) is -1.43. The molecule has 0 aromatic heterocycles. The Morgan fingerprint density at radius 1 is 1.33 bits per heavy atom. The van der Waals surface area contributed by atoms with E-state index in [4.69, 9.17) is 10.8 Å². The highest BCUT2D eigenvalue weighted by molar-refractivity contribution is 6.00. The van der Waals surface area contributed by atoms with Crippen molar-refractivity contribution in [3.8, 4) is 0 Å². The maximum absolute atomic E-state index is 12.2. The first-order chi connectivity index (χ1) is 10.3. The summed E-state index contributed by atoms with van der Waals surface area (Å²) >= 11 is 0. The van der Waals surface area contributed by atoms with Gasteiger partial charge in [0.1, 0.15) is 0 Å². The minimum absolute atomic E-state index is 0.0359. The van der Waals surface area contributed by atoms with Gasteiger partial charge in [-0.3, -0.25) is 9.59 Å². The summed E-state index contributed by atoms with van der Waals surface area (Å²) in [4.78, 5) is 24.5. The van der Waals surface area contributed by atoms with Gasteiger partial charge in [-0.2, -0.15) is 0 Å². The van der Waals surface area contributed by atoms with E-state index < -0.39 is 17.4 Å². The number of allylic oxidation sites excluding steroid dienone is 4. The molecule has 2 aliphatic rings. The van der Waals surface area contributed by atoms with Crippen molar-refractivity contribution < 1.29 is 20.4 Å². The number of hydrogen-bond acceptors (Lipinski definition) is 4. The van der Waals surface area contributed by atoms with Gasteiger partial charge >= 0.3 is 11.9 Å². The van der Waals surface area contributed by atoms with Crippen LogP contribution in [0.2, 0.25) is 0 Å². The molecule has 2 atom stereocenters. The van der Waals surface area contributed by atoms with Crippen LogP contribution in [0, 0.1) is 16.7 Å². The summed E-state index contributed by atoms with van der Waals surface area (Å²) in [6.07, 6.45) is 7.19. The molecule has 4 heteroatoms. The van der Waals surface area contributed by atoms with Gasteiger partial charge in [0.15, 0.2) is 5.41 Å². The van der Waals surface area contributed by atoms with Crippen LogP contribution in [0.4, 0.5) is 0 Å². The SMILES string of the molecule is [2H]C1=CC2=C[C@@H](C(C)(C(=O)OC)C(=O)OC)CC[C@]2(C)CC1. The van der Waals surface area contributed by atoms with Crippen molar-refractivity contribution in [2.45, 2.75) is 39.5 Å². The number of carbonyl (C=O) groups excluding carboxylic acids is 2. The zero-order valence-corrected chi connectivity index (χ0v) is 13.2. The number of methoxy groups -OCH3 is 2. The van der Waals surface area contributed by atoms with Gasteiger partial charge in [-0.1, -0.05) is 25.1 Å². The summed E-state index contributed by atoms with van der Waals surface area (Å²) in [7, 11) is 2.57. The number of esters is 2. The fourth-order valence-electron chi connectivity index (χ4n) is 3.41. The summed E-state index contributed by atoms with van der Waals surface area (Å²) in [5.41, 5.74) is -0.251. The van der Waals surface area contributed by atoms with E-state index in [1.807, 2.05) is 12.2 Å². The van der Waals surface area contributed by atoms with Crippen LogP contribution in [0.1, 0.15) is 40.9 Å². The van der Waals surface area contributed by atoms with Crippen molar-refractivity contribution in [3.63, 3.8) is 0 Å². The lowest BCUT2D eigenvalue weighted by Gasteiger charge is -2.42. The van der Waals surface area contributed by atoms with Gasteiger partial charge in [0.2, 0.25) is 0 Å². The lowest BCUT2D eigenvalue weighted by Crippen LogP contribution is -2.46. The average Bonchev–Trinajstić information content (AvgIpc) is 2.52. The minimum Gasteiger partial charge on any atom is -0.468 e. The van der Waals surface area contributed by atoms with E-state index in [1.165, 1.54) is 14.2 Å². The van der Waals surface area contributed by atoms with E-state index >= 15 is 0 Å². The maximum Gasteiger partial charge on any atom is 0.323 e. The molecule has 0 heterocycles. The molecule has 0 aliphatic heterocycles. The molecule has 116 valence electrons. The first-order valence-electron chi connectivity index (χ1n) is 7.84. The van der Waals surface area contributed by atoms with Crippen LogP contribution in [0.25, 0.3) is 0 Å². The molecule has 0 unspecified atom stereocenters. The van der Waals surface area contributed by atoms with Crippen molar-refractivity contribution in [2.24, 2.45) is 16.7 Å². The van der Waals surface area contributed by atoms with Gasteiger partial charge in [-0.25, -0.2) is 0 Å². The van der Waals surface area contributed by atoms with Crippen LogP contribution in [0.3, 0.4) is 0 Å². The van der Waals surface area contributed by atoms with E-state index in [2.05, 4.69) is 6.92 Å². The molecule has 0 radical (unpaired) electrons. The summed E-state index contributed by atoms with van der Waals surface area (Å²) in [5, 5.41) is 0. The molecule has 2 rings (SSSR count). The van der Waals surface area contributed by atoms with Crippen LogP contribution in [-0.4, -0.2) is 26.2 Å². The molecule has 0 aromatic rings. The lowest BCUT2D eigenvalue weighted by atomic mass is 9.62. The number of ether oxygens (including phenoxy) is 2. The Hall–Kier alpha value is -1.58. The van der Waals surface area contributed by atoms with Gasteiger partial charge in [0, 0.05) is 5.92 Å². The molecule has 0 spiro atoms. The first kappa shape index (κ1) is 14.4. The zero-order valence-electron chi connectivity index (χ0n) is 14.2. The van der Waals surface area contributed by atoms with Gasteiger partial charge in [0.25, 0.3) is 0 Å². The van der Waals surface area contributed by atoms with E-state index in [-0.39, 0.29) is 11.3 Å². The normalized spacial score (nSPS) is 29.5. The van der Waals surface area contributed by atoms with Crippen LogP contribution < -0.4 is 0 Å². The minimum atomic E-state index is -1.34. The third-order valence-corrected chi connectivity index (χ3v) is 5.12. The maximum atomic E-state index is 12.2. The average molecular weight is 293 g/mol. The molecule has 2 aliphatic carbocycles. The quantitative estimate of drug-likeness (QED) is 0.593. The smallest absolute Gasteiger partial charge is 0.323 e. The first-order valence-corrected chi connectivity index (χ1v) is 7.34. The third kappa shape index (κ3) is 2.52. The Labute approximate surface area is 127 Å². The molecular formula is C17H24O4. The number of fused-ring (bicyclic) bond motifs is 1. The van der Waals surface area contributed by atoms with Crippen molar-refractivity contribution >= 4 is 11.9 Å². The standard InChI is InChI=1S/C17H24O4/c1-16-9-6-5-7-12(16)11-13(8-10-16)17(2,14(18)20-3)15(19)21-4/h5,7,11,13H,6,8-10H2,1-4H3/t13-,16-/m0/s1/i5D. The highest BCUT2D eigenvalue weighted by Crippen LogP contribution is 2.49. The third-order valence-electron chi connectivity index (χ3n) is 5.12. The highest BCUT2D eigenvalue weighted by atomic mass is 16.5. The summed E-state index contributed by atoms with van der Waals surface area (Å²) in [6.45, 7) is 3.77. The fourth-order valence-corrected chi connectivity index (χ4v) is 3.41. The zero-order chi connectivity index (χ0) is 16.5. The van der Waals surface area contributed by atoms with Crippen LogP contribution in [0.15, 0.2) is 23.8 Å². The fraction of sp³-hybridized carbons (Fsp3) is 0.647. The Kier molecular flexibility index (Phi) is 3.87. The Morgan fingerprint density at radius 3 is 2.52 bits per heavy atom. The van der Waals surface area contributed by atoms with Gasteiger partial charge < -0.3 is 9.47 Å². The molecule has 0 aromatic carbocycles. The van der Waals surface area contributed by atoms with Crippen molar-refractivity contribution in [3.05, 3.63) is 23.8 Å². The molecule has 0 bridgehead atoms. The highest BCUT2D eigenvalue weighted by Gasteiger charge is 2.51. The molecule has 0 saturated carbocycles. The molecule has 0 saturated heterocycles. The van der Waals surface area contributed by atoms with Crippen LogP contribution >= 0.6 is 0 Å². The molecule has 21 heavy (non-hydrogen) atoms. The topological polar surface area (TPSA) is 52.6 Å². The number of carbonyl (C=O) groups is 2. The number of hydrogen-bond donors (Lipinski definition) is 0. The predicted molar refractivity (Wildman–Crippen MR) is 79.4 cm³/mol. The molecular weight excluding hydrogens is 268 g/mol. The van der Waals surface area contributed by atoms with E-state index in [9.17, 15) is 9.59 Å². The van der Waals surface area contributed by atoms with Crippen LogP contribution in [0.5, 0.6) is 0 Å². The van der Waals surface area contributed by atoms with E-state index in [1.54, 1.807) is 6.92 Å². The second-order valence-corrected chi connectivity index (χ2v) is 6.36. The number of rotatable bonds is 3. The molecule has 0 N–H and O–H groups in total. The molecule has 0 amide bonds. The Morgan fingerprint density at radius 2 is 1.95 bits per heavy atom. The Bertz CT molecular complexity index is 533. The largest absolute Gasteiger partial charge is 0.468 e. The predicted octanol–water partition coefficient (Wildman–Crippen LogP) is 3.03. The molecule has 0 fully saturated rings. The van der Waals surface area contributed by atoms with Crippen molar-refractivity contribution in [2.75, 3.05) is 14.2 Å². The van der Waals surface area contributed by atoms with Gasteiger partial charge in [-0.05, 0) is 43.6 Å². The van der Waals surface area contributed by atoms with Gasteiger partial charge in [-0.15, -0.1) is 0 Å². The van der Waals surface area contributed by atoms with E-state index in [0.29, 0.717) is 6.05 Å². The monoisotopic (exact) mass is 293 g/mol. The summed E-state index contributed by atoms with van der Waals surface area (Å²) in [6, 6.07) is 0.599. The second kappa shape index (κ2) is 5.66.